The molecule has 2 heterocycles. The van der Waals surface area contributed by atoms with Crippen molar-refractivity contribution in [3.8, 4) is 0 Å². The van der Waals surface area contributed by atoms with Crippen LogP contribution in [0.2, 0.25) is 5.02 Å². The molecule has 0 bridgehead atoms. The summed E-state index contributed by atoms with van der Waals surface area (Å²) in [7, 11) is 0. The van der Waals surface area contributed by atoms with E-state index in [9.17, 15) is 13.2 Å². The third kappa shape index (κ3) is 4.41. The van der Waals surface area contributed by atoms with Crippen LogP contribution < -0.4 is 5.43 Å². The van der Waals surface area contributed by atoms with Gasteiger partial charge in [-0.15, -0.1) is 0 Å². The molecular formula is C23H18ClF3N4. The molecule has 0 unspecified atom stereocenters. The number of rotatable bonds is 5. The molecule has 4 nitrogen and oxygen atoms in total. The van der Waals surface area contributed by atoms with Crippen molar-refractivity contribution < 1.29 is 13.2 Å². The second kappa shape index (κ2) is 8.43. The third-order valence-corrected chi connectivity index (χ3v) is 5.40. The van der Waals surface area contributed by atoms with Gasteiger partial charge in [0.05, 0.1) is 11.8 Å². The Morgan fingerprint density at radius 2 is 1.81 bits per heavy atom. The minimum atomic E-state index is -4.42. The smallest absolute Gasteiger partial charge is 0.340 e. The van der Waals surface area contributed by atoms with Crippen LogP contribution in [-0.2, 0) is 12.7 Å². The highest BCUT2D eigenvalue weighted by Crippen LogP contribution is 2.29. The van der Waals surface area contributed by atoms with Crippen molar-refractivity contribution in [2.75, 3.05) is 5.43 Å². The van der Waals surface area contributed by atoms with Gasteiger partial charge < -0.3 is 4.57 Å². The maximum Gasteiger partial charge on any atom is 0.417 e. The molecule has 2 aromatic heterocycles. The van der Waals surface area contributed by atoms with Crippen LogP contribution in [0.5, 0.6) is 0 Å². The lowest BCUT2D eigenvalue weighted by Gasteiger charge is -2.10. The van der Waals surface area contributed by atoms with E-state index in [4.69, 9.17) is 11.6 Å². The molecule has 0 fully saturated rings. The zero-order chi connectivity index (χ0) is 22.0. The summed E-state index contributed by atoms with van der Waals surface area (Å²) in [4.78, 5) is 3.77. The minimum absolute atomic E-state index is 0.224. The zero-order valence-corrected chi connectivity index (χ0v) is 17.2. The van der Waals surface area contributed by atoms with Gasteiger partial charge in [-0.25, -0.2) is 4.98 Å². The van der Waals surface area contributed by atoms with Gasteiger partial charge in [0, 0.05) is 39.9 Å². The number of benzene rings is 2. The summed E-state index contributed by atoms with van der Waals surface area (Å²) in [5.74, 6) is 0.224. The second-order valence-corrected chi connectivity index (χ2v) is 7.40. The van der Waals surface area contributed by atoms with Crippen molar-refractivity contribution in [3.63, 3.8) is 0 Å². The monoisotopic (exact) mass is 442 g/mol. The summed E-state index contributed by atoms with van der Waals surface area (Å²) in [6, 6.07) is 17.9. The van der Waals surface area contributed by atoms with Gasteiger partial charge in [0.25, 0.3) is 0 Å². The number of hydrogen-bond acceptors (Lipinski definition) is 3. The fourth-order valence-corrected chi connectivity index (χ4v) is 3.61. The summed E-state index contributed by atoms with van der Waals surface area (Å²) >= 11 is 6.35. The molecule has 0 aliphatic rings. The molecule has 0 aliphatic heterocycles. The van der Waals surface area contributed by atoms with E-state index in [-0.39, 0.29) is 5.82 Å². The Balaban J connectivity index is 1.62. The van der Waals surface area contributed by atoms with Crippen LogP contribution in [-0.4, -0.2) is 15.8 Å². The number of aromatic nitrogens is 2. The quantitative estimate of drug-likeness (QED) is 0.283. The molecule has 1 N–H and O–H groups in total. The first kappa shape index (κ1) is 20.9. The van der Waals surface area contributed by atoms with Gasteiger partial charge in [-0.3, -0.25) is 5.43 Å². The van der Waals surface area contributed by atoms with Gasteiger partial charge in [-0.2, -0.15) is 18.3 Å². The van der Waals surface area contributed by atoms with Crippen molar-refractivity contribution in [3.05, 3.63) is 94.3 Å². The molecule has 8 heteroatoms. The van der Waals surface area contributed by atoms with Crippen molar-refractivity contribution >= 4 is 34.5 Å². The molecular weight excluding hydrogens is 425 g/mol. The maximum atomic E-state index is 12.7. The average Bonchev–Trinajstić information content (AvgIpc) is 3.01. The largest absolute Gasteiger partial charge is 0.417 e. The number of hydrogen-bond donors (Lipinski definition) is 1. The predicted octanol–water partition coefficient (Wildman–Crippen LogP) is 6.51. The topological polar surface area (TPSA) is 42.2 Å². The molecule has 0 saturated heterocycles. The molecule has 0 spiro atoms. The lowest BCUT2D eigenvalue weighted by Crippen LogP contribution is -2.05. The van der Waals surface area contributed by atoms with E-state index in [1.807, 2.05) is 55.5 Å². The molecule has 0 atom stereocenters. The lowest BCUT2D eigenvalue weighted by molar-refractivity contribution is -0.137. The van der Waals surface area contributed by atoms with E-state index in [1.165, 1.54) is 6.07 Å². The van der Waals surface area contributed by atoms with Gasteiger partial charge in [0.2, 0.25) is 0 Å². The van der Waals surface area contributed by atoms with Crippen LogP contribution in [0.1, 0.15) is 22.4 Å². The van der Waals surface area contributed by atoms with E-state index in [1.54, 1.807) is 6.21 Å². The Kier molecular flexibility index (Phi) is 5.69. The highest BCUT2D eigenvalue weighted by atomic mass is 35.5. The highest BCUT2D eigenvalue weighted by molar-refractivity contribution is 6.31. The number of nitrogens with zero attached hydrogens (tertiary/aromatic N) is 3. The Labute approximate surface area is 182 Å². The highest BCUT2D eigenvalue weighted by Gasteiger charge is 2.30. The molecule has 2 aromatic carbocycles. The first-order valence-corrected chi connectivity index (χ1v) is 9.86. The maximum absolute atomic E-state index is 12.7. The first-order chi connectivity index (χ1) is 14.8. The first-order valence-electron chi connectivity index (χ1n) is 9.48. The summed E-state index contributed by atoms with van der Waals surface area (Å²) in [5.41, 5.74) is 5.82. The Bertz CT molecular complexity index is 1240. The summed E-state index contributed by atoms with van der Waals surface area (Å²) in [5, 5.41) is 5.91. The van der Waals surface area contributed by atoms with Crippen molar-refractivity contribution in [1.82, 2.24) is 9.55 Å². The van der Waals surface area contributed by atoms with E-state index in [0.29, 0.717) is 11.6 Å². The minimum Gasteiger partial charge on any atom is -0.340 e. The molecule has 158 valence electrons. The Hall–Kier alpha value is -3.32. The standard InChI is InChI=1S/C23H18ClF3N4/c1-15-19(13-29-30-22-11-10-17(12-28-22)23(25,26)27)18-7-3-5-9-21(18)31(15)14-16-6-2-4-8-20(16)24/h2-13H,14H2,1H3,(H,28,30)/b29-13-. The fraction of sp³-hybridized carbons (Fsp3) is 0.130. The lowest BCUT2D eigenvalue weighted by atomic mass is 10.1. The van der Waals surface area contributed by atoms with Crippen molar-refractivity contribution in [2.24, 2.45) is 5.10 Å². The van der Waals surface area contributed by atoms with E-state index in [0.717, 1.165) is 40.0 Å². The number of fused-ring (bicyclic) bond motifs is 1. The van der Waals surface area contributed by atoms with Crippen LogP contribution >= 0.6 is 11.6 Å². The number of para-hydroxylation sites is 1. The number of nitrogens with one attached hydrogen (secondary N) is 1. The molecule has 4 aromatic rings. The number of pyridine rings is 1. The molecule has 31 heavy (non-hydrogen) atoms. The van der Waals surface area contributed by atoms with Crippen LogP contribution in [0.4, 0.5) is 19.0 Å². The van der Waals surface area contributed by atoms with E-state index >= 15 is 0 Å². The predicted molar refractivity (Wildman–Crippen MR) is 118 cm³/mol. The zero-order valence-electron chi connectivity index (χ0n) is 16.5. The van der Waals surface area contributed by atoms with Crippen LogP contribution in [0.15, 0.2) is 72.0 Å². The number of halogens is 4. The van der Waals surface area contributed by atoms with Crippen molar-refractivity contribution in [2.45, 2.75) is 19.6 Å². The number of hydrazone groups is 1. The fourth-order valence-electron chi connectivity index (χ4n) is 3.41. The second-order valence-electron chi connectivity index (χ2n) is 6.99. The van der Waals surface area contributed by atoms with E-state index < -0.39 is 11.7 Å². The van der Waals surface area contributed by atoms with Crippen LogP contribution in [0, 0.1) is 6.92 Å². The number of alkyl halides is 3. The molecule has 0 saturated carbocycles. The SMILES string of the molecule is Cc1c(/C=N\Nc2ccc(C(F)(F)F)cn2)c2ccccc2n1Cc1ccccc1Cl. The normalized spacial score (nSPS) is 12.0. The van der Waals surface area contributed by atoms with Gasteiger partial charge in [-0.05, 0) is 36.8 Å². The average molecular weight is 443 g/mol. The summed E-state index contributed by atoms with van der Waals surface area (Å²) < 4.78 is 40.2. The number of anilines is 1. The van der Waals surface area contributed by atoms with Gasteiger partial charge in [-0.1, -0.05) is 48.0 Å². The molecule has 0 radical (unpaired) electrons. The summed E-state index contributed by atoms with van der Waals surface area (Å²) in [6.45, 7) is 2.60. The molecule has 0 amide bonds. The van der Waals surface area contributed by atoms with Gasteiger partial charge in [0.15, 0.2) is 0 Å². The van der Waals surface area contributed by atoms with Crippen LogP contribution in [0.25, 0.3) is 10.9 Å². The van der Waals surface area contributed by atoms with Gasteiger partial charge >= 0.3 is 6.18 Å². The Morgan fingerprint density at radius 1 is 1.06 bits per heavy atom. The molecule has 4 rings (SSSR count). The Morgan fingerprint density at radius 3 is 2.52 bits per heavy atom. The summed E-state index contributed by atoms with van der Waals surface area (Å²) in [6.07, 6.45) is -1.99. The van der Waals surface area contributed by atoms with Gasteiger partial charge in [0.1, 0.15) is 5.82 Å². The van der Waals surface area contributed by atoms with E-state index in [2.05, 4.69) is 20.1 Å². The third-order valence-electron chi connectivity index (χ3n) is 5.03. The van der Waals surface area contributed by atoms with Crippen molar-refractivity contribution in [1.29, 1.82) is 0 Å². The molecule has 0 aliphatic carbocycles. The van der Waals surface area contributed by atoms with Crippen LogP contribution in [0.3, 0.4) is 0 Å².